The molecule has 0 unspecified atom stereocenters. The molecule has 2 aromatic rings. The minimum atomic E-state index is 0.905. The fourth-order valence-corrected chi connectivity index (χ4v) is 2.56. The highest BCUT2D eigenvalue weighted by Gasteiger charge is 1.96. The second-order valence-corrected chi connectivity index (χ2v) is 5.49. The first-order valence-electron chi connectivity index (χ1n) is 6.35. The molecule has 0 aliphatic carbocycles. The molecule has 0 aromatic heterocycles. The number of nitrogens with one attached hydrogen (secondary N) is 1. The van der Waals surface area contributed by atoms with Crippen LogP contribution in [0.1, 0.15) is 5.56 Å². The van der Waals surface area contributed by atoms with E-state index in [0.717, 1.165) is 18.0 Å². The van der Waals surface area contributed by atoms with Crippen molar-refractivity contribution in [3.8, 4) is 5.75 Å². The number of aryl methyl sites for hydroxylation is 1. The van der Waals surface area contributed by atoms with E-state index < -0.39 is 0 Å². The number of benzene rings is 2. The highest BCUT2D eigenvalue weighted by molar-refractivity contribution is 7.99. The molecule has 19 heavy (non-hydrogen) atoms. The topological polar surface area (TPSA) is 21.3 Å². The third kappa shape index (κ3) is 4.52. The summed E-state index contributed by atoms with van der Waals surface area (Å²) in [4.78, 5) is 1.27. The zero-order chi connectivity index (χ0) is 13.5. The first kappa shape index (κ1) is 13.8. The van der Waals surface area contributed by atoms with Crippen LogP contribution < -0.4 is 10.1 Å². The summed E-state index contributed by atoms with van der Waals surface area (Å²) in [5.74, 6) is 1.95. The number of anilines is 1. The molecule has 0 fully saturated rings. The van der Waals surface area contributed by atoms with Crippen molar-refractivity contribution in [2.75, 3.05) is 24.7 Å². The largest absolute Gasteiger partial charge is 0.497 e. The van der Waals surface area contributed by atoms with Crippen LogP contribution in [-0.4, -0.2) is 19.4 Å². The van der Waals surface area contributed by atoms with E-state index in [9.17, 15) is 0 Å². The molecule has 2 nitrogen and oxygen atoms in total. The fourth-order valence-electron chi connectivity index (χ4n) is 1.79. The molecule has 0 atom stereocenters. The first-order chi connectivity index (χ1) is 9.28. The van der Waals surface area contributed by atoms with E-state index in [1.807, 2.05) is 23.9 Å². The standard InChI is InChI=1S/C16H19NOS/c1-13-4-3-5-14(12-13)17-10-11-19-16-8-6-15(18-2)7-9-16/h3-9,12,17H,10-11H2,1-2H3. The summed E-state index contributed by atoms with van der Waals surface area (Å²) < 4.78 is 5.14. The van der Waals surface area contributed by atoms with Crippen LogP contribution in [0.3, 0.4) is 0 Å². The van der Waals surface area contributed by atoms with E-state index in [1.165, 1.54) is 16.1 Å². The van der Waals surface area contributed by atoms with Gasteiger partial charge in [0.25, 0.3) is 0 Å². The lowest BCUT2D eigenvalue weighted by Gasteiger charge is -2.07. The normalized spacial score (nSPS) is 10.2. The van der Waals surface area contributed by atoms with Crippen LogP contribution >= 0.6 is 11.8 Å². The van der Waals surface area contributed by atoms with E-state index in [4.69, 9.17) is 4.74 Å². The number of ether oxygens (including phenoxy) is 1. The van der Waals surface area contributed by atoms with E-state index >= 15 is 0 Å². The van der Waals surface area contributed by atoms with Gasteiger partial charge in [-0.15, -0.1) is 11.8 Å². The van der Waals surface area contributed by atoms with Crippen LogP contribution in [0.4, 0.5) is 5.69 Å². The van der Waals surface area contributed by atoms with Crippen molar-refractivity contribution in [3.63, 3.8) is 0 Å². The summed E-state index contributed by atoms with van der Waals surface area (Å²) >= 11 is 1.85. The molecule has 1 N–H and O–H groups in total. The summed E-state index contributed by atoms with van der Waals surface area (Å²) in [6, 6.07) is 16.6. The fraction of sp³-hybridized carbons (Fsp3) is 0.250. The second kappa shape index (κ2) is 7.10. The number of methoxy groups -OCH3 is 1. The van der Waals surface area contributed by atoms with Gasteiger partial charge in [-0.25, -0.2) is 0 Å². The van der Waals surface area contributed by atoms with Crippen LogP contribution in [0, 0.1) is 6.92 Å². The lowest BCUT2D eigenvalue weighted by Crippen LogP contribution is -2.03. The minimum absolute atomic E-state index is 0.905. The zero-order valence-corrected chi connectivity index (χ0v) is 12.2. The van der Waals surface area contributed by atoms with Crippen LogP contribution in [0.2, 0.25) is 0 Å². The molecular formula is C16H19NOS. The predicted molar refractivity (Wildman–Crippen MR) is 83.4 cm³/mol. The summed E-state index contributed by atoms with van der Waals surface area (Å²) in [5, 5.41) is 3.43. The van der Waals surface area contributed by atoms with Crippen molar-refractivity contribution < 1.29 is 4.74 Å². The van der Waals surface area contributed by atoms with Gasteiger partial charge in [0.15, 0.2) is 0 Å². The van der Waals surface area contributed by atoms with Crippen molar-refractivity contribution in [1.29, 1.82) is 0 Å². The third-order valence-electron chi connectivity index (χ3n) is 2.78. The van der Waals surface area contributed by atoms with Crippen molar-refractivity contribution >= 4 is 17.4 Å². The smallest absolute Gasteiger partial charge is 0.118 e. The van der Waals surface area contributed by atoms with E-state index in [-0.39, 0.29) is 0 Å². The zero-order valence-electron chi connectivity index (χ0n) is 11.3. The summed E-state index contributed by atoms with van der Waals surface area (Å²) in [7, 11) is 1.69. The molecule has 0 spiro atoms. The summed E-state index contributed by atoms with van der Waals surface area (Å²) in [6.45, 7) is 3.07. The lowest BCUT2D eigenvalue weighted by atomic mass is 10.2. The lowest BCUT2D eigenvalue weighted by molar-refractivity contribution is 0.414. The number of thioether (sulfide) groups is 1. The average molecular weight is 273 g/mol. The Balaban J connectivity index is 1.74. The van der Waals surface area contributed by atoms with Gasteiger partial charge in [0.05, 0.1) is 7.11 Å². The molecule has 0 aliphatic heterocycles. The van der Waals surface area contributed by atoms with Crippen LogP contribution in [-0.2, 0) is 0 Å². The highest BCUT2D eigenvalue weighted by atomic mass is 32.2. The van der Waals surface area contributed by atoms with Gasteiger partial charge in [-0.1, -0.05) is 12.1 Å². The minimum Gasteiger partial charge on any atom is -0.497 e. The van der Waals surface area contributed by atoms with Gasteiger partial charge in [0.1, 0.15) is 5.75 Å². The van der Waals surface area contributed by atoms with Gasteiger partial charge in [-0.2, -0.15) is 0 Å². The van der Waals surface area contributed by atoms with Crippen molar-refractivity contribution in [3.05, 3.63) is 54.1 Å². The molecular weight excluding hydrogens is 254 g/mol. The molecule has 0 radical (unpaired) electrons. The summed E-state index contributed by atoms with van der Waals surface area (Å²) in [6.07, 6.45) is 0. The molecule has 2 rings (SSSR count). The molecule has 0 heterocycles. The van der Waals surface area contributed by atoms with E-state index in [2.05, 4.69) is 48.6 Å². The monoisotopic (exact) mass is 273 g/mol. The Bertz CT molecular complexity index is 510. The van der Waals surface area contributed by atoms with Crippen LogP contribution in [0.25, 0.3) is 0 Å². The van der Waals surface area contributed by atoms with Gasteiger partial charge in [-0.3, -0.25) is 0 Å². The van der Waals surface area contributed by atoms with Crippen molar-refractivity contribution in [2.45, 2.75) is 11.8 Å². The van der Waals surface area contributed by atoms with E-state index in [0.29, 0.717) is 0 Å². The predicted octanol–water partition coefficient (Wildman–Crippen LogP) is 4.21. The maximum atomic E-state index is 5.14. The van der Waals surface area contributed by atoms with E-state index in [1.54, 1.807) is 7.11 Å². The van der Waals surface area contributed by atoms with Gasteiger partial charge in [0, 0.05) is 22.9 Å². The molecule has 0 amide bonds. The maximum Gasteiger partial charge on any atom is 0.118 e. The molecule has 0 saturated heterocycles. The Kier molecular flexibility index (Phi) is 5.16. The third-order valence-corrected chi connectivity index (χ3v) is 3.79. The Morgan fingerprint density at radius 2 is 1.89 bits per heavy atom. The van der Waals surface area contributed by atoms with Crippen LogP contribution in [0.5, 0.6) is 5.75 Å². The molecule has 3 heteroatoms. The molecule has 100 valence electrons. The molecule has 2 aromatic carbocycles. The second-order valence-electron chi connectivity index (χ2n) is 4.32. The highest BCUT2D eigenvalue weighted by Crippen LogP contribution is 2.21. The first-order valence-corrected chi connectivity index (χ1v) is 7.34. The average Bonchev–Trinajstić information content (AvgIpc) is 2.44. The number of hydrogen-bond donors (Lipinski definition) is 1. The van der Waals surface area contributed by atoms with Crippen LogP contribution in [0.15, 0.2) is 53.4 Å². The number of rotatable bonds is 6. The number of hydrogen-bond acceptors (Lipinski definition) is 3. The Morgan fingerprint density at radius 3 is 2.58 bits per heavy atom. The Morgan fingerprint density at radius 1 is 1.11 bits per heavy atom. The maximum absolute atomic E-state index is 5.14. The van der Waals surface area contributed by atoms with Gasteiger partial charge < -0.3 is 10.1 Å². The summed E-state index contributed by atoms with van der Waals surface area (Å²) in [5.41, 5.74) is 2.48. The quantitative estimate of drug-likeness (QED) is 0.629. The SMILES string of the molecule is COc1ccc(SCCNc2cccc(C)c2)cc1. The molecule has 0 bridgehead atoms. The van der Waals surface area contributed by atoms with Gasteiger partial charge in [0.2, 0.25) is 0 Å². The Labute approximate surface area is 119 Å². The van der Waals surface area contributed by atoms with Crippen molar-refractivity contribution in [2.24, 2.45) is 0 Å². The van der Waals surface area contributed by atoms with Crippen molar-refractivity contribution in [1.82, 2.24) is 0 Å². The molecule has 0 aliphatic rings. The Hall–Kier alpha value is -1.61. The van der Waals surface area contributed by atoms with Gasteiger partial charge in [-0.05, 0) is 48.9 Å². The van der Waals surface area contributed by atoms with Gasteiger partial charge >= 0.3 is 0 Å². The molecule has 0 saturated carbocycles.